The minimum atomic E-state index is 0.178. The third-order valence-electron chi connectivity index (χ3n) is 3.20. The average Bonchev–Trinajstić information content (AvgIpc) is 3.13. The molecule has 1 amide bonds. The van der Waals surface area contributed by atoms with Crippen molar-refractivity contribution < 1.29 is 4.79 Å². The number of carbonyl (C=O) groups is 1. The van der Waals surface area contributed by atoms with E-state index in [-0.39, 0.29) is 11.8 Å². The Morgan fingerprint density at radius 1 is 1.42 bits per heavy atom. The fourth-order valence-corrected chi connectivity index (χ4v) is 2.05. The molecule has 2 aromatic rings. The SMILES string of the molecule is Cc1cc(NCCNC(=O)C2CC2)n2ncnc2c1. The van der Waals surface area contributed by atoms with Crippen LogP contribution < -0.4 is 10.6 Å². The summed E-state index contributed by atoms with van der Waals surface area (Å²) in [7, 11) is 0. The molecule has 19 heavy (non-hydrogen) atoms. The van der Waals surface area contributed by atoms with Crippen LogP contribution in [0.15, 0.2) is 18.5 Å². The fraction of sp³-hybridized carbons (Fsp3) is 0.462. The fourth-order valence-electron chi connectivity index (χ4n) is 2.05. The zero-order valence-electron chi connectivity index (χ0n) is 10.9. The van der Waals surface area contributed by atoms with Crippen LogP contribution in [-0.4, -0.2) is 33.6 Å². The van der Waals surface area contributed by atoms with E-state index in [0.29, 0.717) is 13.1 Å². The minimum Gasteiger partial charge on any atom is -0.368 e. The predicted molar refractivity (Wildman–Crippen MR) is 71.9 cm³/mol. The summed E-state index contributed by atoms with van der Waals surface area (Å²) in [5.41, 5.74) is 1.95. The van der Waals surface area contributed by atoms with Gasteiger partial charge in [-0.25, -0.2) is 4.98 Å². The van der Waals surface area contributed by atoms with Gasteiger partial charge in [0.15, 0.2) is 5.65 Å². The van der Waals surface area contributed by atoms with Crippen LogP contribution in [0.3, 0.4) is 0 Å². The van der Waals surface area contributed by atoms with Gasteiger partial charge in [-0.05, 0) is 37.5 Å². The molecule has 3 rings (SSSR count). The van der Waals surface area contributed by atoms with Crippen LogP contribution in [0.25, 0.3) is 5.65 Å². The molecular formula is C13H17N5O. The molecule has 1 aliphatic carbocycles. The summed E-state index contributed by atoms with van der Waals surface area (Å²) in [6.07, 6.45) is 3.61. The highest BCUT2D eigenvalue weighted by molar-refractivity contribution is 5.80. The van der Waals surface area contributed by atoms with Gasteiger partial charge in [-0.1, -0.05) is 0 Å². The first-order chi connectivity index (χ1) is 9.24. The molecule has 6 nitrogen and oxygen atoms in total. The molecule has 1 saturated carbocycles. The summed E-state index contributed by atoms with van der Waals surface area (Å²) in [6, 6.07) is 4.00. The van der Waals surface area contributed by atoms with Gasteiger partial charge in [0.2, 0.25) is 5.91 Å². The van der Waals surface area contributed by atoms with Gasteiger partial charge < -0.3 is 10.6 Å². The first-order valence-electron chi connectivity index (χ1n) is 6.56. The van der Waals surface area contributed by atoms with Crippen molar-refractivity contribution in [2.24, 2.45) is 5.92 Å². The van der Waals surface area contributed by atoms with Crippen molar-refractivity contribution >= 4 is 17.4 Å². The maximum absolute atomic E-state index is 11.5. The molecule has 0 atom stereocenters. The summed E-state index contributed by atoms with van der Waals surface area (Å²) in [5.74, 6) is 1.34. The highest BCUT2D eigenvalue weighted by Gasteiger charge is 2.28. The molecule has 1 aliphatic rings. The standard InChI is InChI=1S/C13H17N5O/c1-9-6-11(18-12(7-9)16-8-17-18)14-4-5-15-13(19)10-2-3-10/h6-8,10,14H,2-5H2,1H3,(H,15,19). The Morgan fingerprint density at radius 2 is 2.26 bits per heavy atom. The van der Waals surface area contributed by atoms with Crippen molar-refractivity contribution in [2.45, 2.75) is 19.8 Å². The van der Waals surface area contributed by atoms with Gasteiger partial charge in [-0.15, -0.1) is 0 Å². The Hall–Kier alpha value is -2.11. The molecule has 1 fully saturated rings. The number of amides is 1. The summed E-state index contributed by atoms with van der Waals surface area (Å²) in [6.45, 7) is 3.32. The number of fused-ring (bicyclic) bond motifs is 1. The number of rotatable bonds is 5. The lowest BCUT2D eigenvalue weighted by atomic mass is 10.3. The zero-order valence-corrected chi connectivity index (χ0v) is 10.9. The van der Waals surface area contributed by atoms with Crippen molar-refractivity contribution in [1.82, 2.24) is 19.9 Å². The van der Waals surface area contributed by atoms with E-state index < -0.39 is 0 Å². The van der Waals surface area contributed by atoms with Crippen LogP contribution in [0.5, 0.6) is 0 Å². The molecule has 0 unspecified atom stereocenters. The summed E-state index contributed by atoms with van der Waals surface area (Å²) in [5, 5.41) is 10.4. The minimum absolute atomic E-state index is 0.178. The molecule has 0 aromatic carbocycles. The van der Waals surface area contributed by atoms with E-state index in [0.717, 1.165) is 29.9 Å². The van der Waals surface area contributed by atoms with Crippen molar-refractivity contribution in [2.75, 3.05) is 18.4 Å². The van der Waals surface area contributed by atoms with Crippen LogP contribution >= 0.6 is 0 Å². The molecule has 2 aromatic heterocycles. The van der Waals surface area contributed by atoms with Crippen molar-refractivity contribution in [3.63, 3.8) is 0 Å². The molecule has 6 heteroatoms. The van der Waals surface area contributed by atoms with Crippen LogP contribution in [0.2, 0.25) is 0 Å². The number of hydrogen-bond donors (Lipinski definition) is 2. The monoisotopic (exact) mass is 259 g/mol. The third kappa shape index (κ3) is 2.67. The van der Waals surface area contributed by atoms with Gasteiger partial charge in [-0.2, -0.15) is 9.61 Å². The zero-order chi connectivity index (χ0) is 13.2. The van der Waals surface area contributed by atoms with Crippen molar-refractivity contribution in [3.8, 4) is 0 Å². The highest BCUT2D eigenvalue weighted by atomic mass is 16.2. The second-order valence-corrected chi connectivity index (χ2v) is 4.94. The van der Waals surface area contributed by atoms with Gasteiger partial charge in [0, 0.05) is 19.0 Å². The Morgan fingerprint density at radius 3 is 3.05 bits per heavy atom. The Balaban J connectivity index is 1.58. The normalized spacial score (nSPS) is 14.6. The number of pyridine rings is 1. The van der Waals surface area contributed by atoms with E-state index >= 15 is 0 Å². The predicted octanol–water partition coefficient (Wildman–Crippen LogP) is 0.976. The summed E-state index contributed by atoms with van der Waals surface area (Å²) < 4.78 is 1.76. The van der Waals surface area contributed by atoms with E-state index in [1.807, 2.05) is 19.1 Å². The summed E-state index contributed by atoms with van der Waals surface area (Å²) >= 11 is 0. The Kier molecular flexibility index (Phi) is 3.06. The quantitative estimate of drug-likeness (QED) is 0.785. The molecule has 0 radical (unpaired) electrons. The van der Waals surface area contributed by atoms with Crippen molar-refractivity contribution in [1.29, 1.82) is 0 Å². The molecule has 0 bridgehead atoms. The Labute approximate surface area is 111 Å². The number of anilines is 1. The number of hydrogen-bond acceptors (Lipinski definition) is 4. The molecule has 0 saturated heterocycles. The van der Waals surface area contributed by atoms with Crippen LogP contribution in [0, 0.1) is 12.8 Å². The van der Waals surface area contributed by atoms with Crippen LogP contribution in [0.1, 0.15) is 18.4 Å². The van der Waals surface area contributed by atoms with E-state index in [1.165, 1.54) is 6.33 Å². The first-order valence-corrected chi connectivity index (χ1v) is 6.56. The van der Waals surface area contributed by atoms with E-state index in [4.69, 9.17) is 0 Å². The highest BCUT2D eigenvalue weighted by Crippen LogP contribution is 2.28. The summed E-state index contributed by atoms with van der Waals surface area (Å²) in [4.78, 5) is 15.6. The molecule has 0 spiro atoms. The largest absolute Gasteiger partial charge is 0.368 e. The second-order valence-electron chi connectivity index (χ2n) is 4.94. The lowest BCUT2D eigenvalue weighted by Crippen LogP contribution is -2.30. The average molecular weight is 259 g/mol. The maximum Gasteiger partial charge on any atom is 0.223 e. The molecule has 100 valence electrons. The van der Waals surface area contributed by atoms with Gasteiger partial charge >= 0.3 is 0 Å². The maximum atomic E-state index is 11.5. The van der Waals surface area contributed by atoms with E-state index in [1.54, 1.807) is 4.52 Å². The molecule has 2 heterocycles. The topological polar surface area (TPSA) is 71.3 Å². The van der Waals surface area contributed by atoms with Gasteiger partial charge in [0.1, 0.15) is 12.1 Å². The third-order valence-corrected chi connectivity index (χ3v) is 3.20. The number of aryl methyl sites for hydroxylation is 1. The number of nitrogens with zero attached hydrogens (tertiary/aromatic N) is 3. The molecular weight excluding hydrogens is 242 g/mol. The second kappa shape index (κ2) is 4.87. The number of carbonyl (C=O) groups excluding carboxylic acids is 1. The number of nitrogens with one attached hydrogen (secondary N) is 2. The molecule has 0 aliphatic heterocycles. The first kappa shape index (κ1) is 12.0. The van der Waals surface area contributed by atoms with E-state index in [9.17, 15) is 4.79 Å². The van der Waals surface area contributed by atoms with Gasteiger partial charge in [0.05, 0.1) is 0 Å². The molecule has 2 N–H and O–H groups in total. The van der Waals surface area contributed by atoms with E-state index in [2.05, 4.69) is 20.7 Å². The smallest absolute Gasteiger partial charge is 0.223 e. The van der Waals surface area contributed by atoms with Crippen molar-refractivity contribution in [3.05, 3.63) is 24.0 Å². The van der Waals surface area contributed by atoms with Gasteiger partial charge in [-0.3, -0.25) is 4.79 Å². The Bertz CT molecular complexity index is 602. The lowest BCUT2D eigenvalue weighted by molar-refractivity contribution is -0.122. The lowest BCUT2D eigenvalue weighted by Gasteiger charge is -2.09. The number of aromatic nitrogens is 3. The van der Waals surface area contributed by atoms with Gasteiger partial charge in [0.25, 0.3) is 0 Å². The van der Waals surface area contributed by atoms with Crippen LogP contribution in [0.4, 0.5) is 5.82 Å². The van der Waals surface area contributed by atoms with Crippen LogP contribution in [-0.2, 0) is 4.79 Å².